The third-order valence-electron chi connectivity index (χ3n) is 3.25. The van der Waals surface area contributed by atoms with Crippen LogP contribution in [0.2, 0.25) is 0 Å². The summed E-state index contributed by atoms with van der Waals surface area (Å²) in [5.41, 5.74) is 1.00. The van der Waals surface area contributed by atoms with Crippen LogP contribution < -0.4 is 4.74 Å². The van der Waals surface area contributed by atoms with Crippen LogP contribution in [-0.2, 0) is 20.9 Å². The fourth-order valence-corrected chi connectivity index (χ4v) is 2.13. The molecule has 0 aliphatic carbocycles. The predicted molar refractivity (Wildman–Crippen MR) is 73.5 cm³/mol. The Morgan fingerprint density at radius 3 is 2.75 bits per heavy atom. The summed E-state index contributed by atoms with van der Waals surface area (Å²) in [6, 6.07) is 7.48. The van der Waals surface area contributed by atoms with Crippen LogP contribution in [0.4, 0.5) is 0 Å². The number of hydrogen-bond acceptors (Lipinski definition) is 4. The van der Waals surface area contributed by atoms with Crippen molar-refractivity contribution in [1.29, 1.82) is 0 Å². The Morgan fingerprint density at radius 1 is 1.30 bits per heavy atom. The van der Waals surface area contributed by atoms with E-state index < -0.39 is 0 Å². The highest BCUT2D eigenvalue weighted by Gasteiger charge is 2.20. The summed E-state index contributed by atoms with van der Waals surface area (Å²) in [6.45, 7) is 1.53. The summed E-state index contributed by atoms with van der Waals surface area (Å²) in [5.74, 6) is 0.804. The number of piperidine rings is 1. The molecule has 1 aromatic carbocycles. The van der Waals surface area contributed by atoms with Gasteiger partial charge in [0, 0.05) is 33.0 Å². The number of nitrogens with zero attached hydrogens (tertiary/aromatic N) is 1. The van der Waals surface area contributed by atoms with Gasteiger partial charge in [-0.15, -0.1) is 0 Å². The van der Waals surface area contributed by atoms with Gasteiger partial charge in [-0.1, -0.05) is 12.1 Å². The molecule has 5 heteroatoms. The lowest BCUT2D eigenvalue weighted by Gasteiger charge is -2.25. The first-order valence-corrected chi connectivity index (χ1v) is 6.69. The number of ketones is 1. The summed E-state index contributed by atoms with van der Waals surface area (Å²) in [7, 11) is 1.63. The Balaban J connectivity index is 1.83. The van der Waals surface area contributed by atoms with E-state index in [1.54, 1.807) is 12.0 Å². The average Bonchev–Trinajstić information content (AvgIpc) is 2.46. The number of ether oxygens (including phenoxy) is 2. The van der Waals surface area contributed by atoms with Crippen LogP contribution in [-0.4, -0.2) is 43.4 Å². The van der Waals surface area contributed by atoms with Crippen LogP contribution in [0.5, 0.6) is 5.75 Å². The van der Waals surface area contributed by atoms with Gasteiger partial charge in [0.25, 0.3) is 5.91 Å². The Morgan fingerprint density at radius 2 is 2.05 bits per heavy atom. The van der Waals surface area contributed by atoms with Gasteiger partial charge >= 0.3 is 0 Å². The molecule has 0 N–H and O–H groups in total. The van der Waals surface area contributed by atoms with Gasteiger partial charge in [-0.25, -0.2) is 0 Å². The molecule has 20 heavy (non-hydrogen) atoms. The molecular formula is C15H19NO4. The van der Waals surface area contributed by atoms with Crippen molar-refractivity contribution < 1.29 is 19.1 Å². The van der Waals surface area contributed by atoms with E-state index in [0.717, 1.165) is 5.56 Å². The molecular weight excluding hydrogens is 258 g/mol. The van der Waals surface area contributed by atoms with Crippen LogP contribution >= 0.6 is 0 Å². The minimum Gasteiger partial charge on any atom is -0.484 e. The van der Waals surface area contributed by atoms with Gasteiger partial charge in [0.2, 0.25) is 0 Å². The smallest absolute Gasteiger partial charge is 0.260 e. The van der Waals surface area contributed by atoms with Crippen molar-refractivity contribution >= 4 is 11.7 Å². The zero-order valence-electron chi connectivity index (χ0n) is 11.6. The predicted octanol–water partition coefficient (Wildman–Crippen LogP) is 1.40. The second kappa shape index (κ2) is 7.05. The monoisotopic (exact) mass is 277 g/mol. The lowest BCUT2D eigenvalue weighted by atomic mass is 10.1. The van der Waals surface area contributed by atoms with Crippen LogP contribution in [0.3, 0.4) is 0 Å². The molecule has 0 atom stereocenters. The maximum absolute atomic E-state index is 12.0. The third kappa shape index (κ3) is 4.06. The Kier molecular flexibility index (Phi) is 5.12. The molecule has 0 aromatic heterocycles. The van der Waals surface area contributed by atoms with Crippen molar-refractivity contribution in [2.75, 3.05) is 26.8 Å². The molecule has 0 unspecified atom stereocenters. The number of amides is 1. The summed E-state index contributed by atoms with van der Waals surface area (Å²) < 4.78 is 10.6. The highest BCUT2D eigenvalue weighted by molar-refractivity contribution is 5.83. The van der Waals surface area contributed by atoms with Gasteiger partial charge in [0.1, 0.15) is 11.5 Å². The fourth-order valence-electron chi connectivity index (χ4n) is 2.13. The summed E-state index contributed by atoms with van der Waals surface area (Å²) in [6.07, 6.45) is 0.907. The van der Waals surface area contributed by atoms with Crippen molar-refractivity contribution in [1.82, 2.24) is 4.90 Å². The van der Waals surface area contributed by atoms with Crippen molar-refractivity contribution in [3.63, 3.8) is 0 Å². The molecule has 1 heterocycles. The van der Waals surface area contributed by atoms with E-state index in [1.165, 1.54) is 0 Å². The van der Waals surface area contributed by atoms with Crippen molar-refractivity contribution in [2.45, 2.75) is 19.4 Å². The van der Waals surface area contributed by atoms with Gasteiger partial charge in [0.15, 0.2) is 6.61 Å². The normalized spacial score (nSPS) is 15.2. The fraction of sp³-hybridized carbons (Fsp3) is 0.467. The van der Waals surface area contributed by atoms with E-state index in [0.29, 0.717) is 38.3 Å². The standard InChI is InChI=1S/C15H19NO4/c1-19-10-12-3-2-4-14(9-12)20-11-15(18)16-7-5-13(17)6-8-16/h2-4,9H,5-8,10-11H2,1H3. The SMILES string of the molecule is COCc1cccc(OCC(=O)N2CCC(=O)CC2)c1. The Bertz CT molecular complexity index is 477. The molecule has 1 aliphatic rings. The number of rotatable bonds is 5. The van der Waals surface area contributed by atoms with Gasteiger partial charge in [-0.2, -0.15) is 0 Å². The van der Waals surface area contributed by atoms with Crippen LogP contribution in [0.15, 0.2) is 24.3 Å². The molecule has 2 rings (SSSR count). The molecule has 1 fully saturated rings. The minimum atomic E-state index is -0.0744. The second-order valence-corrected chi connectivity index (χ2v) is 4.79. The molecule has 1 saturated heterocycles. The molecule has 0 radical (unpaired) electrons. The number of likely N-dealkylation sites (tertiary alicyclic amines) is 1. The number of methoxy groups -OCH3 is 1. The van der Waals surface area contributed by atoms with E-state index >= 15 is 0 Å². The Labute approximate surface area is 118 Å². The molecule has 1 aliphatic heterocycles. The Hall–Kier alpha value is -1.88. The quantitative estimate of drug-likeness (QED) is 0.816. The zero-order chi connectivity index (χ0) is 14.4. The third-order valence-corrected chi connectivity index (χ3v) is 3.25. The van der Waals surface area contributed by atoms with E-state index in [-0.39, 0.29) is 18.3 Å². The molecule has 0 spiro atoms. The van der Waals surface area contributed by atoms with E-state index in [1.807, 2.05) is 24.3 Å². The first-order valence-electron chi connectivity index (χ1n) is 6.69. The maximum Gasteiger partial charge on any atom is 0.260 e. The van der Waals surface area contributed by atoms with Gasteiger partial charge < -0.3 is 14.4 Å². The average molecular weight is 277 g/mol. The van der Waals surface area contributed by atoms with Crippen LogP contribution in [0.25, 0.3) is 0 Å². The highest BCUT2D eigenvalue weighted by Crippen LogP contribution is 2.14. The van der Waals surface area contributed by atoms with Crippen LogP contribution in [0.1, 0.15) is 18.4 Å². The highest BCUT2D eigenvalue weighted by atomic mass is 16.5. The molecule has 5 nitrogen and oxygen atoms in total. The first kappa shape index (κ1) is 14.5. The van der Waals surface area contributed by atoms with Crippen LogP contribution in [0, 0.1) is 0 Å². The number of Topliss-reactive ketones (excluding diaryl/α,β-unsaturated/α-hetero) is 1. The lowest BCUT2D eigenvalue weighted by molar-refractivity contribution is -0.136. The van der Waals surface area contributed by atoms with Crippen molar-refractivity contribution in [3.8, 4) is 5.75 Å². The topological polar surface area (TPSA) is 55.8 Å². The minimum absolute atomic E-state index is 0.00459. The maximum atomic E-state index is 12.0. The molecule has 1 aromatic rings. The summed E-state index contributed by atoms with van der Waals surface area (Å²) in [4.78, 5) is 24.8. The van der Waals surface area contributed by atoms with Crippen molar-refractivity contribution in [3.05, 3.63) is 29.8 Å². The summed E-state index contributed by atoms with van der Waals surface area (Å²) in [5, 5.41) is 0. The molecule has 0 bridgehead atoms. The zero-order valence-corrected chi connectivity index (χ0v) is 11.6. The number of benzene rings is 1. The molecule has 108 valence electrons. The number of hydrogen-bond donors (Lipinski definition) is 0. The second-order valence-electron chi connectivity index (χ2n) is 4.79. The largest absolute Gasteiger partial charge is 0.484 e. The van der Waals surface area contributed by atoms with Gasteiger partial charge in [0.05, 0.1) is 6.61 Å². The first-order chi connectivity index (χ1) is 9.69. The number of carbonyl (C=O) groups excluding carboxylic acids is 2. The van der Waals surface area contributed by atoms with E-state index in [2.05, 4.69) is 0 Å². The number of carbonyl (C=O) groups is 2. The van der Waals surface area contributed by atoms with E-state index in [9.17, 15) is 9.59 Å². The summed E-state index contributed by atoms with van der Waals surface area (Å²) >= 11 is 0. The lowest BCUT2D eigenvalue weighted by Crippen LogP contribution is -2.41. The molecule has 1 amide bonds. The van der Waals surface area contributed by atoms with E-state index in [4.69, 9.17) is 9.47 Å². The van der Waals surface area contributed by atoms with Gasteiger partial charge in [-0.3, -0.25) is 9.59 Å². The van der Waals surface area contributed by atoms with Gasteiger partial charge in [-0.05, 0) is 17.7 Å². The molecule has 0 saturated carbocycles. The van der Waals surface area contributed by atoms with Crippen molar-refractivity contribution in [2.24, 2.45) is 0 Å².